The third-order valence-electron chi connectivity index (χ3n) is 3.88. The lowest BCUT2D eigenvalue weighted by Gasteiger charge is -2.08. The normalized spacial score (nSPS) is 10.7. The zero-order valence-electron chi connectivity index (χ0n) is 14.7. The van der Waals surface area contributed by atoms with Gasteiger partial charge in [0, 0.05) is 31.0 Å². The van der Waals surface area contributed by atoms with Crippen molar-refractivity contribution in [3.05, 3.63) is 64.0 Å². The zero-order valence-corrected chi connectivity index (χ0v) is 17.1. The van der Waals surface area contributed by atoms with Crippen LogP contribution in [0.3, 0.4) is 0 Å². The molecule has 2 aromatic heterocycles. The lowest BCUT2D eigenvalue weighted by Crippen LogP contribution is -2.28. The van der Waals surface area contributed by atoms with Gasteiger partial charge in [-0.3, -0.25) is 9.36 Å². The molecule has 6 nitrogen and oxygen atoms in total. The summed E-state index contributed by atoms with van der Waals surface area (Å²) in [6.07, 6.45) is 5.78. The van der Waals surface area contributed by atoms with Crippen LogP contribution in [0.1, 0.15) is 23.6 Å². The van der Waals surface area contributed by atoms with Crippen molar-refractivity contribution in [2.45, 2.75) is 33.5 Å². The van der Waals surface area contributed by atoms with Gasteiger partial charge in [0.05, 0.1) is 17.2 Å². The Bertz CT molecular complexity index is 883. The van der Waals surface area contributed by atoms with Crippen molar-refractivity contribution < 1.29 is 0 Å². The Kier molecular flexibility index (Phi) is 6.05. The molecule has 26 heavy (non-hydrogen) atoms. The molecular formula is C18H21BrN6S. The minimum Gasteiger partial charge on any atom is -0.358 e. The van der Waals surface area contributed by atoms with Crippen molar-refractivity contribution in [2.75, 3.05) is 5.32 Å². The summed E-state index contributed by atoms with van der Waals surface area (Å²) < 4.78 is 4.63. The Balaban J connectivity index is 1.56. The number of halogens is 1. The van der Waals surface area contributed by atoms with E-state index in [0.29, 0.717) is 24.0 Å². The van der Waals surface area contributed by atoms with Crippen molar-refractivity contribution in [3.8, 4) is 0 Å². The van der Waals surface area contributed by atoms with Crippen molar-refractivity contribution in [1.29, 1.82) is 0 Å². The van der Waals surface area contributed by atoms with E-state index in [1.165, 1.54) is 11.1 Å². The van der Waals surface area contributed by atoms with E-state index in [0.717, 1.165) is 16.6 Å². The molecule has 0 saturated carbocycles. The molecule has 0 bridgehead atoms. The van der Waals surface area contributed by atoms with Crippen LogP contribution in [0.15, 0.2) is 47.3 Å². The second kappa shape index (κ2) is 8.46. The average Bonchev–Trinajstić information content (AvgIpc) is 3.22. The van der Waals surface area contributed by atoms with Gasteiger partial charge in [-0.15, -0.1) is 0 Å². The van der Waals surface area contributed by atoms with Crippen LogP contribution in [0, 0.1) is 6.92 Å². The van der Waals surface area contributed by atoms with E-state index in [4.69, 9.17) is 12.2 Å². The lowest BCUT2D eigenvalue weighted by molar-refractivity contribution is 0.659. The van der Waals surface area contributed by atoms with E-state index < -0.39 is 0 Å². The van der Waals surface area contributed by atoms with Gasteiger partial charge in [-0.1, -0.05) is 29.8 Å². The van der Waals surface area contributed by atoms with Crippen LogP contribution >= 0.6 is 28.1 Å². The van der Waals surface area contributed by atoms with Gasteiger partial charge < -0.3 is 10.6 Å². The number of benzene rings is 1. The molecule has 0 spiro atoms. The predicted octanol–water partition coefficient (Wildman–Crippen LogP) is 3.71. The summed E-state index contributed by atoms with van der Waals surface area (Å²) in [5.74, 6) is 0.693. The zero-order chi connectivity index (χ0) is 18.5. The molecule has 3 rings (SSSR count). The fourth-order valence-corrected chi connectivity index (χ4v) is 3.03. The summed E-state index contributed by atoms with van der Waals surface area (Å²) in [6.45, 7) is 6.32. The first kappa shape index (κ1) is 18.6. The highest BCUT2D eigenvalue weighted by Gasteiger charge is 2.09. The summed E-state index contributed by atoms with van der Waals surface area (Å²) in [5.41, 5.74) is 3.53. The first-order chi connectivity index (χ1) is 12.5. The van der Waals surface area contributed by atoms with E-state index in [-0.39, 0.29) is 0 Å². The summed E-state index contributed by atoms with van der Waals surface area (Å²) >= 11 is 8.90. The number of rotatable bonds is 6. The van der Waals surface area contributed by atoms with Crippen LogP contribution in [-0.4, -0.2) is 24.7 Å². The predicted molar refractivity (Wildman–Crippen MR) is 111 cm³/mol. The molecule has 0 saturated heterocycles. The van der Waals surface area contributed by atoms with Gasteiger partial charge in [0.15, 0.2) is 10.9 Å². The number of nitrogens with zero attached hydrogens (tertiary/aromatic N) is 4. The molecule has 0 aliphatic carbocycles. The van der Waals surface area contributed by atoms with E-state index in [9.17, 15) is 0 Å². The van der Waals surface area contributed by atoms with E-state index in [1.807, 2.05) is 28.0 Å². The van der Waals surface area contributed by atoms with Crippen LogP contribution in [-0.2, 0) is 19.6 Å². The molecule has 0 aliphatic heterocycles. The molecule has 0 aliphatic rings. The Labute approximate surface area is 166 Å². The van der Waals surface area contributed by atoms with Crippen LogP contribution in [0.5, 0.6) is 0 Å². The smallest absolute Gasteiger partial charge is 0.172 e. The summed E-state index contributed by atoms with van der Waals surface area (Å²) in [5, 5.41) is 15.6. The molecule has 0 fully saturated rings. The third-order valence-corrected chi connectivity index (χ3v) is 4.70. The van der Waals surface area contributed by atoms with E-state index >= 15 is 0 Å². The number of anilines is 1. The monoisotopic (exact) mass is 432 g/mol. The van der Waals surface area contributed by atoms with Gasteiger partial charge in [0.25, 0.3) is 0 Å². The summed E-state index contributed by atoms with van der Waals surface area (Å²) in [6, 6.07) is 8.43. The second-order valence-electron chi connectivity index (χ2n) is 6.02. The number of aromatic nitrogens is 4. The molecular weight excluding hydrogens is 412 g/mol. The van der Waals surface area contributed by atoms with Crippen molar-refractivity contribution in [3.63, 3.8) is 0 Å². The van der Waals surface area contributed by atoms with Gasteiger partial charge in [0.2, 0.25) is 0 Å². The van der Waals surface area contributed by atoms with Crippen molar-refractivity contribution in [1.82, 2.24) is 24.9 Å². The summed E-state index contributed by atoms with van der Waals surface area (Å²) in [4.78, 5) is 0. The van der Waals surface area contributed by atoms with Crippen LogP contribution in [0.25, 0.3) is 0 Å². The van der Waals surface area contributed by atoms with Gasteiger partial charge >= 0.3 is 0 Å². The molecule has 8 heteroatoms. The highest BCUT2D eigenvalue weighted by Crippen LogP contribution is 2.20. The Morgan fingerprint density at radius 1 is 1.15 bits per heavy atom. The van der Waals surface area contributed by atoms with Gasteiger partial charge in [0.1, 0.15) is 0 Å². The maximum absolute atomic E-state index is 5.36. The van der Waals surface area contributed by atoms with Crippen LogP contribution < -0.4 is 10.6 Å². The number of thiocarbonyl (C=S) groups is 1. The van der Waals surface area contributed by atoms with Crippen molar-refractivity contribution in [2.24, 2.45) is 0 Å². The molecule has 136 valence electrons. The number of hydrogen-bond donors (Lipinski definition) is 2. The van der Waals surface area contributed by atoms with Gasteiger partial charge in [-0.05, 0) is 47.6 Å². The fraction of sp³-hybridized carbons (Fsp3) is 0.278. The molecule has 3 aromatic rings. The maximum atomic E-state index is 5.36. The Morgan fingerprint density at radius 3 is 2.62 bits per heavy atom. The molecule has 1 aromatic carbocycles. The molecule has 0 atom stereocenters. The number of hydrogen-bond acceptors (Lipinski definition) is 3. The van der Waals surface area contributed by atoms with Crippen LogP contribution in [0.4, 0.5) is 5.82 Å². The SMILES string of the molecule is CCn1cc(CNC(=S)Nc2nn(Cc3ccc(C)cc3)cc2Br)cn1. The first-order valence-electron chi connectivity index (χ1n) is 8.38. The van der Waals surface area contributed by atoms with Gasteiger partial charge in [-0.25, -0.2) is 0 Å². The Hall–Kier alpha value is -2.19. The minimum absolute atomic E-state index is 0.524. The second-order valence-corrected chi connectivity index (χ2v) is 7.28. The quantitative estimate of drug-likeness (QED) is 0.581. The molecule has 0 amide bonds. The number of nitrogens with one attached hydrogen (secondary N) is 2. The van der Waals surface area contributed by atoms with Crippen LogP contribution in [0.2, 0.25) is 0 Å². The largest absolute Gasteiger partial charge is 0.358 e. The average molecular weight is 433 g/mol. The fourth-order valence-electron chi connectivity index (χ4n) is 2.45. The molecule has 0 radical (unpaired) electrons. The minimum atomic E-state index is 0.524. The summed E-state index contributed by atoms with van der Waals surface area (Å²) in [7, 11) is 0. The first-order valence-corrected chi connectivity index (χ1v) is 9.58. The van der Waals surface area contributed by atoms with E-state index in [1.54, 1.807) is 0 Å². The Morgan fingerprint density at radius 2 is 1.92 bits per heavy atom. The highest BCUT2D eigenvalue weighted by molar-refractivity contribution is 9.10. The molecule has 2 heterocycles. The highest BCUT2D eigenvalue weighted by atomic mass is 79.9. The number of aryl methyl sites for hydroxylation is 2. The van der Waals surface area contributed by atoms with Gasteiger partial charge in [-0.2, -0.15) is 10.2 Å². The standard InChI is InChI=1S/C18H21BrN6S/c1-3-24-11-15(9-21-24)8-20-18(26)22-17-16(19)12-25(23-17)10-14-6-4-13(2)5-7-14/h4-7,9,11-12H,3,8,10H2,1-2H3,(H2,20,22,23,26). The van der Waals surface area contributed by atoms with E-state index in [2.05, 4.69) is 74.9 Å². The molecule has 2 N–H and O–H groups in total. The van der Waals surface area contributed by atoms with Crippen molar-refractivity contribution >= 4 is 39.1 Å². The third kappa shape index (κ3) is 4.92. The molecule has 0 unspecified atom stereocenters. The lowest BCUT2D eigenvalue weighted by atomic mass is 10.1. The maximum Gasteiger partial charge on any atom is 0.172 e. The topological polar surface area (TPSA) is 59.7 Å².